The molecule has 34 heavy (non-hydrogen) atoms. The van der Waals surface area contributed by atoms with E-state index in [0.29, 0.717) is 49.9 Å². The number of piperazine rings is 1. The number of nitrogens with zero attached hydrogens (tertiary/aromatic N) is 6. The lowest BCUT2D eigenvalue weighted by Crippen LogP contribution is -2.50. The van der Waals surface area contributed by atoms with E-state index < -0.39 is 6.04 Å². The average Bonchev–Trinajstić information content (AvgIpc) is 3.55. The number of tetrazole rings is 1. The quantitative estimate of drug-likeness (QED) is 0.436. The first kappa shape index (κ1) is 21.9. The van der Waals surface area contributed by atoms with E-state index in [9.17, 15) is 13.6 Å². The number of amides is 1. The zero-order valence-corrected chi connectivity index (χ0v) is 18.2. The first-order valence-electron chi connectivity index (χ1n) is 10.9. The molecule has 8 nitrogen and oxygen atoms in total. The van der Waals surface area contributed by atoms with Crippen LogP contribution in [0.25, 0.3) is 0 Å². The van der Waals surface area contributed by atoms with E-state index in [2.05, 4.69) is 20.4 Å². The second-order valence-corrected chi connectivity index (χ2v) is 8.05. The van der Waals surface area contributed by atoms with Crippen molar-refractivity contribution in [1.82, 2.24) is 30.0 Å². The van der Waals surface area contributed by atoms with Gasteiger partial charge in [-0.15, -0.1) is 5.10 Å². The van der Waals surface area contributed by atoms with Gasteiger partial charge in [0, 0.05) is 31.7 Å². The fourth-order valence-electron chi connectivity index (χ4n) is 4.22. The maximum atomic E-state index is 15.0. The molecule has 0 bridgehead atoms. The van der Waals surface area contributed by atoms with Crippen LogP contribution in [0.4, 0.5) is 8.78 Å². The summed E-state index contributed by atoms with van der Waals surface area (Å²) in [5.41, 5.74) is 1.26. The second kappa shape index (κ2) is 9.52. The van der Waals surface area contributed by atoms with Gasteiger partial charge in [-0.2, -0.15) is 0 Å². The summed E-state index contributed by atoms with van der Waals surface area (Å²) in [4.78, 5) is 16.4. The highest BCUT2D eigenvalue weighted by Gasteiger charge is 2.33. The SMILES string of the molecule is O=C(c1ccco1)N1CCN(C(c2ccccc2F)c2nnnn2Cc2ccc(F)cc2)CC1. The Morgan fingerprint density at radius 2 is 1.74 bits per heavy atom. The highest BCUT2D eigenvalue weighted by molar-refractivity contribution is 5.91. The number of benzene rings is 2. The number of furan rings is 1. The second-order valence-electron chi connectivity index (χ2n) is 8.05. The third kappa shape index (κ3) is 4.44. The number of hydrogen-bond donors (Lipinski definition) is 0. The van der Waals surface area contributed by atoms with Crippen molar-refractivity contribution in [3.05, 3.63) is 101 Å². The monoisotopic (exact) mass is 464 g/mol. The molecule has 2 aromatic heterocycles. The Hall–Kier alpha value is -3.92. The van der Waals surface area contributed by atoms with E-state index >= 15 is 0 Å². The Morgan fingerprint density at radius 1 is 0.971 bits per heavy atom. The summed E-state index contributed by atoms with van der Waals surface area (Å²) in [5, 5.41) is 12.2. The van der Waals surface area contributed by atoms with Gasteiger partial charge in [0.2, 0.25) is 0 Å². The summed E-state index contributed by atoms with van der Waals surface area (Å²) < 4.78 is 35.1. The van der Waals surface area contributed by atoms with Crippen LogP contribution < -0.4 is 0 Å². The van der Waals surface area contributed by atoms with Gasteiger partial charge in [-0.05, 0) is 46.3 Å². The molecule has 0 aliphatic carbocycles. The molecule has 1 amide bonds. The van der Waals surface area contributed by atoms with Gasteiger partial charge in [0.05, 0.1) is 12.8 Å². The van der Waals surface area contributed by atoms with Crippen molar-refractivity contribution < 1.29 is 18.0 Å². The van der Waals surface area contributed by atoms with E-state index in [1.54, 1.807) is 52.0 Å². The van der Waals surface area contributed by atoms with Crippen LogP contribution in [0.5, 0.6) is 0 Å². The standard InChI is InChI=1S/C24H22F2N6O2/c25-18-9-7-17(8-10-18)16-32-23(27-28-29-32)22(19-4-1-2-5-20(19)26)30-11-13-31(14-12-30)24(33)21-6-3-15-34-21/h1-10,15,22H,11-14,16H2. The maximum Gasteiger partial charge on any atom is 0.289 e. The van der Waals surface area contributed by atoms with Gasteiger partial charge in [0.15, 0.2) is 11.6 Å². The number of carbonyl (C=O) groups is 1. The lowest BCUT2D eigenvalue weighted by molar-refractivity contribution is 0.0557. The van der Waals surface area contributed by atoms with Crippen molar-refractivity contribution in [2.45, 2.75) is 12.6 Å². The molecule has 1 aliphatic heterocycles. The number of rotatable bonds is 6. The zero-order chi connectivity index (χ0) is 23.5. The lowest BCUT2D eigenvalue weighted by atomic mass is 10.0. The smallest absolute Gasteiger partial charge is 0.289 e. The molecular formula is C24H22F2N6O2. The molecule has 0 N–H and O–H groups in total. The Kier molecular flexibility index (Phi) is 6.13. The van der Waals surface area contributed by atoms with Gasteiger partial charge in [-0.1, -0.05) is 30.3 Å². The Morgan fingerprint density at radius 3 is 2.44 bits per heavy atom. The van der Waals surface area contributed by atoms with Crippen molar-refractivity contribution in [3.63, 3.8) is 0 Å². The Bertz CT molecular complexity index is 1250. The first-order valence-corrected chi connectivity index (χ1v) is 10.9. The minimum absolute atomic E-state index is 0.173. The molecular weight excluding hydrogens is 442 g/mol. The van der Waals surface area contributed by atoms with Crippen LogP contribution in [0.1, 0.15) is 33.5 Å². The van der Waals surface area contributed by atoms with E-state index in [0.717, 1.165) is 5.56 Å². The van der Waals surface area contributed by atoms with Gasteiger partial charge in [-0.25, -0.2) is 13.5 Å². The molecule has 0 radical (unpaired) electrons. The highest BCUT2D eigenvalue weighted by atomic mass is 19.1. The van der Waals surface area contributed by atoms with Crippen LogP contribution in [0.15, 0.2) is 71.3 Å². The van der Waals surface area contributed by atoms with Crippen LogP contribution in [0, 0.1) is 11.6 Å². The molecule has 174 valence electrons. The van der Waals surface area contributed by atoms with Crippen LogP contribution in [0.3, 0.4) is 0 Å². The molecule has 0 saturated carbocycles. The van der Waals surface area contributed by atoms with Crippen LogP contribution in [0.2, 0.25) is 0 Å². The summed E-state index contributed by atoms with van der Waals surface area (Å²) in [7, 11) is 0. The van der Waals surface area contributed by atoms with E-state index in [4.69, 9.17) is 4.42 Å². The number of carbonyl (C=O) groups excluding carboxylic acids is 1. The van der Waals surface area contributed by atoms with Crippen molar-refractivity contribution in [3.8, 4) is 0 Å². The third-order valence-electron chi connectivity index (χ3n) is 5.95. The van der Waals surface area contributed by atoms with E-state index in [1.807, 2.05) is 0 Å². The Labute approximate surface area is 194 Å². The van der Waals surface area contributed by atoms with Gasteiger partial charge < -0.3 is 9.32 Å². The third-order valence-corrected chi connectivity index (χ3v) is 5.95. The summed E-state index contributed by atoms with van der Waals surface area (Å²) in [6.07, 6.45) is 1.47. The first-order chi connectivity index (χ1) is 16.6. The fourth-order valence-corrected chi connectivity index (χ4v) is 4.22. The fraction of sp³-hybridized carbons (Fsp3) is 0.250. The summed E-state index contributed by atoms with van der Waals surface area (Å²) in [6, 6.07) is 15.4. The lowest BCUT2D eigenvalue weighted by Gasteiger charge is -2.38. The van der Waals surface area contributed by atoms with Crippen LogP contribution in [-0.2, 0) is 6.54 Å². The van der Waals surface area contributed by atoms with Crippen molar-refractivity contribution in [1.29, 1.82) is 0 Å². The van der Waals surface area contributed by atoms with Crippen molar-refractivity contribution in [2.75, 3.05) is 26.2 Å². The minimum atomic E-state index is -0.558. The number of aromatic nitrogens is 4. The molecule has 1 saturated heterocycles. The van der Waals surface area contributed by atoms with Crippen LogP contribution >= 0.6 is 0 Å². The normalized spacial score (nSPS) is 15.4. The van der Waals surface area contributed by atoms with Gasteiger partial charge in [-0.3, -0.25) is 9.69 Å². The highest BCUT2D eigenvalue weighted by Crippen LogP contribution is 2.30. The van der Waals surface area contributed by atoms with Crippen LogP contribution in [-0.4, -0.2) is 62.1 Å². The maximum absolute atomic E-state index is 15.0. The van der Waals surface area contributed by atoms with E-state index in [1.165, 1.54) is 24.5 Å². The topological polar surface area (TPSA) is 80.3 Å². The number of hydrogen-bond acceptors (Lipinski definition) is 6. The van der Waals surface area contributed by atoms with Crippen molar-refractivity contribution in [2.24, 2.45) is 0 Å². The molecule has 1 unspecified atom stereocenters. The summed E-state index contributed by atoms with van der Waals surface area (Å²) in [6.45, 7) is 2.20. The summed E-state index contributed by atoms with van der Waals surface area (Å²) >= 11 is 0. The molecule has 2 aromatic carbocycles. The predicted molar refractivity (Wildman–Crippen MR) is 118 cm³/mol. The molecule has 4 aromatic rings. The molecule has 10 heteroatoms. The van der Waals surface area contributed by atoms with Gasteiger partial charge in [0.25, 0.3) is 5.91 Å². The Balaban J connectivity index is 1.42. The molecule has 1 aliphatic rings. The largest absolute Gasteiger partial charge is 0.459 e. The van der Waals surface area contributed by atoms with Crippen molar-refractivity contribution >= 4 is 5.91 Å². The predicted octanol–water partition coefficient (Wildman–Crippen LogP) is 3.14. The van der Waals surface area contributed by atoms with Gasteiger partial charge in [0.1, 0.15) is 17.7 Å². The van der Waals surface area contributed by atoms with E-state index in [-0.39, 0.29) is 17.5 Å². The molecule has 1 fully saturated rings. The molecule has 3 heterocycles. The zero-order valence-electron chi connectivity index (χ0n) is 18.2. The molecule has 1 atom stereocenters. The summed E-state index contributed by atoms with van der Waals surface area (Å²) in [5.74, 6) is -0.0966. The minimum Gasteiger partial charge on any atom is -0.459 e. The molecule has 0 spiro atoms. The van der Waals surface area contributed by atoms with Gasteiger partial charge >= 0.3 is 0 Å². The molecule has 5 rings (SSSR count). The average molecular weight is 464 g/mol. The number of halogens is 2.